The monoisotopic (exact) mass is 214 g/mol. The first-order chi connectivity index (χ1) is 7.22. The third-order valence-electron chi connectivity index (χ3n) is 2.44. The van der Waals surface area contributed by atoms with Crippen molar-refractivity contribution in [2.24, 2.45) is 0 Å². The molecule has 1 aliphatic rings. The van der Waals surface area contributed by atoms with E-state index in [1.807, 2.05) is 0 Å². The van der Waals surface area contributed by atoms with Crippen LogP contribution in [0.25, 0.3) is 0 Å². The Hall–Kier alpha value is -0.870. The molecule has 0 aromatic carbocycles. The van der Waals surface area contributed by atoms with Crippen LogP contribution >= 0.6 is 0 Å². The zero-order valence-corrected chi connectivity index (χ0v) is 8.85. The summed E-state index contributed by atoms with van der Waals surface area (Å²) in [6.07, 6.45) is 5.63. The molecule has 1 aliphatic carbocycles. The maximum Gasteiger partial charge on any atom is 0.330 e. The van der Waals surface area contributed by atoms with E-state index in [0.717, 1.165) is 31.8 Å². The van der Waals surface area contributed by atoms with Gasteiger partial charge in [-0.1, -0.05) is 25.8 Å². The number of aliphatic hydroxyl groups excluding tert-OH is 1. The largest absolute Gasteiger partial charge is 0.457 e. The molecule has 1 rings (SSSR count). The van der Waals surface area contributed by atoms with Gasteiger partial charge in [-0.3, -0.25) is 0 Å². The minimum atomic E-state index is -1.02. The number of ether oxygens (including phenoxy) is 2. The highest BCUT2D eigenvalue weighted by atomic mass is 16.6. The van der Waals surface area contributed by atoms with Crippen LogP contribution in [0.2, 0.25) is 0 Å². The SMILES string of the molecule is C=CC(=O)OCC(O)OC1CCCCC1. The van der Waals surface area contributed by atoms with Crippen LogP contribution in [0.3, 0.4) is 0 Å². The highest BCUT2D eigenvalue weighted by Crippen LogP contribution is 2.21. The average molecular weight is 214 g/mol. The Bertz CT molecular complexity index is 209. The standard InChI is InChI=1S/C11H18O4/c1-2-10(12)14-8-11(13)15-9-6-4-3-5-7-9/h2,9,11,13H,1,3-8H2. The summed E-state index contributed by atoms with van der Waals surface area (Å²) in [5, 5.41) is 9.41. The molecule has 0 saturated heterocycles. The highest BCUT2D eigenvalue weighted by molar-refractivity contribution is 5.81. The van der Waals surface area contributed by atoms with Crippen molar-refractivity contribution in [3.05, 3.63) is 12.7 Å². The maximum atomic E-state index is 10.7. The summed E-state index contributed by atoms with van der Waals surface area (Å²) in [5.74, 6) is -0.540. The first-order valence-electron chi connectivity index (χ1n) is 5.35. The van der Waals surface area contributed by atoms with E-state index in [2.05, 4.69) is 11.3 Å². The summed E-state index contributed by atoms with van der Waals surface area (Å²) in [6.45, 7) is 3.13. The van der Waals surface area contributed by atoms with E-state index < -0.39 is 12.3 Å². The molecule has 1 N–H and O–H groups in total. The molecular formula is C11H18O4. The molecule has 1 atom stereocenters. The van der Waals surface area contributed by atoms with Crippen LogP contribution in [-0.2, 0) is 14.3 Å². The van der Waals surface area contributed by atoms with Crippen LogP contribution in [0.4, 0.5) is 0 Å². The Morgan fingerprint density at radius 1 is 1.47 bits per heavy atom. The lowest BCUT2D eigenvalue weighted by atomic mass is 9.98. The topological polar surface area (TPSA) is 55.8 Å². The molecule has 1 saturated carbocycles. The van der Waals surface area contributed by atoms with Crippen molar-refractivity contribution in [1.82, 2.24) is 0 Å². The first kappa shape index (κ1) is 12.2. The molecule has 0 aliphatic heterocycles. The van der Waals surface area contributed by atoms with E-state index in [1.54, 1.807) is 0 Å². The van der Waals surface area contributed by atoms with Gasteiger partial charge in [0.25, 0.3) is 0 Å². The van der Waals surface area contributed by atoms with Crippen LogP contribution in [-0.4, -0.2) is 30.1 Å². The first-order valence-corrected chi connectivity index (χ1v) is 5.35. The third-order valence-corrected chi connectivity index (χ3v) is 2.44. The van der Waals surface area contributed by atoms with Crippen molar-refractivity contribution in [1.29, 1.82) is 0 Å². The fourth-order valence-electron chi connectivity index (χ4n) is 1.67. The lowest BCUT2D eigenvalue weighted by Crippen LogP contribution is -2.28. The van der Waals surface area contributed by atoms with E-state index >= 15 is 0 Å². The molecule has 0 aromatic heterocycles. The number of aliphatic hydroxyl groups is 1. The predicted molar refractivity (Wildman–Crippen MR) is 55.1 cm³/mol. The summed E-state index contributed by atoms with van der Waals surface area (Å²) in [6, 6.07) is 0. The van der Waals surface area contributed by atoms with Crippen molar-refractivity contribution >= 4 is 5.97 Å². The van der Waals surface area contributed by atoms with Crippen molar-refractivity contribution in [3.8, 4) is 0 Å². The molecule has 0 aromatic rings. The molecule has 0 bridgehead atoms. The van der Waals surface area contributed by atoms with Gasteiger partial charge in [0.05, 0.1) is 6.10 Å². The van der Waals surface area contributed by atoms with Crippen LogP contribution < -0.4 is 0 Å². The smallest absolute Gasteiger partial charge is 0.330 e. The summed E-state index contributed by atoms with van der Waals surface area (Å²) in [7, 11) is 0. The normalized spacial score (nSPS) is 19.5. The van der Waals surface area contributed by atoms with E-state index in [-0.39, 0.29) is 12.7 Å². The average Bonchev–Trinajstić information content (AvgIpc) is 2.27. The quantitative estimate of drug-likeness (QED) is 0.427. The fraction of sp³-hybridized carbons (Fsp3) is 0.727. The third kappa shape index (κ3) is 4.95. The molecule has 0 spiro atoms. The van der Waals surface area contributed by atoms with Gasteiger partial charge in [-0.15, -0.1) is 0 Å². The number of rotatable bonds is 5. The van der Waals surface area contributed by atoms with Gasteiger partial charge >= 0.3 is 5.97 Å². The van der Waals surface area contributed by atoms with E-state index in [1.165, 1.54) is 6.42 Å². The van der Waals surface area contributed by atoms with Gasteiger partial charge in [-0.2, -0.15) is 0 Å². The number of hydrogen-bond donors (Lipinski definition) is 1. The fourth-order valence-corrected chi connectivity index (χ4v) is 1.67. The second kappa shape index (κ2) is 6.58. The van der Waals surface area contributed by atoms with Gasteiger partial charge in [0.15, 0.2) is 6.29 Å². The predicted octanol–water partition coefficient (Wildman–Crippen LogP) is 1.38. The minimum absolute atomic E-state index is 0.108. The highest BCUT2D eigenvalue weighted by Gasteiger charge is 2.18. The van der Waals surface area contributed by atoms with E-state index in [4.69, 9.17) is 4.74 Å². The zero-order chi connectivity index (χ0) is 11.1. The van der Waals surface area contributed by atoms with Crippen LogP contribution in [0.5, 0.6) is 0 Å². The molecule has 0 radical (unpaired) electrons. The van der Waals surface area contributed by atoms with Gasteiger partial charge in [-0.05, 0) is 12.8 Å². The molecule has 86 valence electrons. The Morgan fingerprint density at radius 2 is 2.13 bits per heavy atom. The Kier molecular flexibility index (Phi) is 5.36. The second-order valence-corrected chi connectivity index (χ2v) is 3.68. The summed E-state index contributed by atoms with van der Waals surface area (Å²) in [5.41, 5.74) is 0. The molecule has 15 heavy (non-hydrogen) atoms. The van der Waals surface area contributed by atoms with Crippen molar-refractivity contribution < 1.29 is 19.4 Å². The number of carbonyl (C=O) groups excluding carboxylic acids is 1. The Morgan fingerprint density at radius 3 is 2.73 bits per heavy atom. The van der Waals surface area contributed by atoms with E-state index in [0.29, 0.717) is 0 Å². The van der Waals surface area contributed by atoms with Crippen LogP contribution in [0, 0.1) is 0 Å². The van der Waals surface area contributed by atoms with Crippen molar-refractivity contribution in [3.63, 3.8) is 0 Å². The van der Waals surface area contributed by atoms with Crippen molar-refractivity contribution in [2.75, 3.05) is 6.61 Å². The number of carbonyl (C=O) groups is 1. The molecule has 1 unspecified atom stereocenters. The molecule has 1 fully saturated rings. The lowest BCUT2D eigenvalue weighted by molar-refractivity contribution is -0.179. The maximum absolute atomic E-state index is 10.7. The molecular weight excluding hydrogens is 196 g/mol. The van der Waals surface area contributed by atoms with Gasteiger partial charge in [0.2, 0.25) is 0 Å². The molecule has 0 amide bonds. The zero-order valence-electron chi connectivity index (χ0n) is 8.85. The van der Waals surface area contributed by atoms with Crippen LogP contribution in [0.15, 0.2) is 12.7 Å². The second-order valence-electron chi connectivity index (χ2n) is 3.68. The van der Waals surface area contributed by atoms with Gasteiger partial charge < -0.3 is 14.6 Å². The summed E-state index contributed by atoms with van der Waals surface area (Å²) in [4.78, 5) is 10.7. The van der Waals surface area contributed by atoms with Crippen LogP contribution in [0.1, 0.15) is 32.1 Å². The molecule has 4 nitrogen and oxygen atoms in total. The van der Waals surface area contributed by atoms with E-state index in [9.17, 15) is 9.90 Å². The summed E-state index contributed by atoms with van der Waals surface area (Å²) < 4.78 is 9.99. The van der Waals surface area contributed by atoms with Gasteiger partial charge in [0.1, 0.15) is 6.61 Å². The Balaban J connectivity index is 2.13. The lowest BCUT2D eigenvalue weighted by Gasteiger charge is -2.24. The minimum Gasteiger partial charge on any atom is -0.457 e. The molecule has 0 heterocycles. The number of esters is 1. The van der Waals surface area contributed by atoms with Gasteiger partial charge in [-0.25, -0.2) is 4.79 Å². The van der Waals surface area contributed by atoms with Crippen molar-refractivity contribution in [2.45, 2.75) is 44.5 Å². The number of hydrogen-bond acceptors (Lipinski definition) is 4. The molecule has 4 heteroatoms. The Labute approximate surface area is 89.9 Å². The van der Waals surface area contributed by atoms with Gasteiger partial charge in [0, 0.05) is 6.08 Å². The summed E-state index contributed by atoms with van der Waals surface area (Å²) >= 11 is 0.